The number of hydrogen-bond acceptors (Lipinski definition) is 4. The van der Waals surface area contributed by atoms with Crippen molar-refractivity contribution in [3.63, 3.8) is 0 Å². The van der Waals surface area contributed by atoms with Crippen molar-refractivity contribution in [2.45, 2.75) is 65.1 Å². The first-order valence-corrected chi connectivity index (χ1v) is 9.85. The fourth-order valence-electron chi connectivity index (χ4n) is 3.48. The molecule has 0 radical (unpaired) electrons. The number of amides is 1. The highest BCUT2D eigenvalue weighted by Gasteiger charge is 2.19. The summed E-state index contributed by atoms with van der Waals surface area (Å²) in [6.07, 6.45) is 5.50. The summed E-state index contributed by atoms with van der Waals surface area (Å²) in [5, 5.41) is 4.84. The number of aromatic nitrogens is 2. The zero-order valence-corrected chi connectivity index (χ0v) is 15.6. The van der Waals surface area contributed by atoms with Crippen molar-refractivity contribution in [1.82, 2.24) is 14.5 Å². The summed E-state index contributed by atoms with van der Waals surface area (Å²) < 4.78 is 3.23. The molecule has 6 nitrogen and oxygen atoms in total. The van der Waals surface area contributed by atoms with Crippen LogP contribution in [0.15, 0.2) is 21.0 Å². The molecular formula is C18H25N3O3S. The zero-order valence-electron chi connectivity index (χ0n) is 14.8. The summed E-state index contributed by atoms with van der Waals surface area (Å²) >= 11 is 1.32. The number of nitrogens with one attached hydrogen (secondary N) is 1. The summed E-state index contributed by atoms with van der Waals surface area (Å²) in [5.74, 6) is 0.0172. The highest BCUT2D eigenvalue weighted by atomic mass is 32.1. The molecule has 1 amide bonds. The maximum absolute atomic E-state index is 12.8. The molecule has 1 aliphatic rings. The van der Waals surface area contributed by atoms with Crippen LogP contribution in [0.4, 0.5) is 0 Å². The van der Waals surface area contributed by atoms with Crippen LogP contribution in [0.25, 0.3) is 10.2 Å². The van der Waals surface area contributed by atoms with E-state index in [0.717, 1.165) is 25.7 Å². The molecule has 0 bridgehead atoms. The van der Waals surface area contributed by atoms with Gasteiger partial charge in [-0.05, 0) is 30.2 Å². The van der Waals surface area contributed by atoms with Gasteiger partial charge in [-0.25, -0.2) is 4.79 Å². The van der Waals surface area contributed by atoms with Gasteiger partial charge in [0.25, 0.3) is 5.56 Å². The monoisotopic (exact) mass is 363 g/mol. The first kappa shape index (κ1) is 17.9. The van der Waals surface area contributed by atoms with Gasteiger partial charge in [-0.2, -0.15) is 0 Å². The van der Waals surface area contributed by atoms with Crippen molar-refractivity contribution in [2.24, 2.45) is 5.92 Å². The Morgan fingerprint density at radius 3 is 2.64 bits per heavy atom. The van der Waals surface area contributed by atoms with Gasteiger partial charge in [-0.3, -0.25) is 18.7 Å². The third-order valence-electron chi connectivity index (χ3n) is 4.66. The molecule has 0 aliphatic heterocycles. The zero-order chi connectivity index (χ0) is 18.0. The van der Waals surface area contributed by atoms with E-state index >= 15 is 0 Å². The summed E-state index contributed by atoms with van der Waals surface area (Å²) in [6.45, 7) is 4.24. The fourth-order valence-corrected chi connectivity index (χ4v) is 4.32. The molecule has 3 rings (SSSR count). The van der Waals surface area contributed by atoms with Gasteiger partial charge < -0.3 is 5.32 Å². The van der Waals surface area contributed by atoms with E-state index < -0.39 is 5.69 Å². The van der Waals surface area contributed by atoms with Crippen LogP contribution in [0.5, 0.6) is 0 Å². The molecule has 1 N–H and O–H groups in total. The number of nitrogens with zero attached hydrogens (tertiary/aromatic N) is 2. The Hall–Kier alpha value is -1.89. The van der Waals surface area contributed by atoms with Crippen molar-refractivity contribution in [3.05, 3.63) is 32.3 Å². The third-order valence-corrected chi connectivity index (χ3v) is 5.55. The van der Waals surface area contributed by atoms with E-state index in [0.29, 0.717) is 16.8 Å². The van der Waals surface area contributed by atoms with Crippen LogP contribution in [0.2, 0.25) is 0 Å². The number of rotatable bonds is 5. The van der Waals surface area contributed by atoms with E-state index in [1.54, 1.807) is 11.4 Å². The molecule has 1 saturated carbocycles. The predicted octanol–water partition coefficient (Wildman–Crippen LogP) is 2.33. The number of fused-ring (bicyclic) bond motifs is 1. The molecule has 1 fully saturated rings. The molecule has 0 atom stereocenters. The van der Waals surface area contributed by atoms with Crippen LogP contribution in [0, 0.1) is 5.92 Å². The molecule has 25 heavy (non-hydrogen) atoms. The van der Waals surface area contributed by atoms with Crippen LogP contribution in [-0.2, 0) is 17.9 Å². The van der Waals surface area contributed by atoms with Crippen molar-refractivity contribution in [3.8, 4) is 0 Å². The molecule has 2 aromatic rings. The van der Waals surface area contributed by atoms with Gasteiger partial charge >= 0.3 is 5.69 Å². The standard InChI is InChI=1S/C18H25N3O3S/c1-12(2)10-21-17(23)16-14(8-9-25-16)20(18(21)24)11-15(22)19-13-6-4-3-5-7-13/h8-9,12-13H,3-7,10-11H2,1-2H3,(H,19,22). The molecule has 7 heteroatoms. The second-order valence-corrected chi connectivity index (χ2v) is 8.13. The molecule has 0 unspecified atom stereocenters. The topological polar surface area (TPSA) is 73.1 Å². The minimum Gasteiger partial charge on any atom is -0.352 e. The van der Waals surface area contributed by atoms with Gasteiger partial charge in [0, 0.05) is 12.6 Å². The van der Waals surface area contributed by atoms with Crippen molar-refractivity contribution in [2.75, 3.05) is 0 Å². The Morgan fingerprint density at radius 2 is 1.96 bits per heavy atom. The van der Waals surface area contributed by atoms with Gasteiger partial charge in [0.2, 0.25) is 5.91 Å². The SMILES string of the molecule is CC(C)Cn1c(=O)c2sccc2n(CC(=O)NC2CCCCC2)c1=O. The van der Waals surface area contributed by atoms with Crippen molar-refractivity contribution >= 4 is 27.5 Å². The summed E-state index contributed by atoms with van der Waals surface area (Å²) in [7, 11) is 0. The van der Waals surface area contributed by atoms with Gasteiger partial charge in [-0.15, -0.1) is 11.3 Å². The molecule has 2 heterocycles. The highest BCUT2D eigenvalue weighted by Crippen LogP contribution is 2.18. The van der Waals surface area contributed by atoms with E-state index in [1.165, 1.54) is 26.9 Å². The lowest BCUT2D eigenvalue weighted by Crippen LogP contribution is -2.44. The number of hydrogen-bond donors (Lipinski definition) is 1. The maximum Gasteiger partial charge on any atom is 0.332 e. The van der Waals surface area contributed by atoms with Crippen molar-refractivity contribution in [1.29, 1.82) is 0 Å². The van der Waals surface area contributed by atoms with Crippen LogP contribution in [0.1, 0.15) is 46.0 Å². The Kier molecular flexibility index (Phi) is 5.42. The lowest BCUT2D eigenvalue weighted by Gasteiger charge is -2.23. The van der Waals surface area contributed by atoms with E-state index in [1.807, 2.05) is 13.8 Å². The lowest BCUT2D eigenvalue weighted by molar-refractivity contribution is -0.122. The molecule has 2 aromatic heterocycles. The highest BCUT2D eigenvalue weighted by molar-refractivity contribution is 7.17. The fraction of sp³-hybridized carbons (Fsp3) is 0.611. The van der Waals surface area contributed by atoms with E-state index in [-0.39, 0.29) is 30.0 Å². The summed E-state index contributed by atoms with van der Waals surface area (Å²) in [6, 6.07) is 1.95. The Balaban J connectivity index is 1.92. The van der Waals surface area contributed by atoms with E-state index in [4.69, 9.17) is 0 Å². The maximum atomic E-state index is 12.8. The van der Waals surface area contributed by atoms with Gasteiger partial charge in [-0.1, -0.05) is 33.1 Å². The Labute approximate surface area is 150 Å². The number of carbonyl (C=O) groups is 1. The van der Waals surface area contributed by atoms with Crippen LogP contribution >= 0.6 is 11.3 Å². The second-order valence-electron chi connectivity index (χ2n) is 7.22. The first-order chi connectivity index (χ1) is 12.0. The third kappa shape index (κ3) is 3.86. The Morgan fingerprint density at radius 1 is 1.24 bits per heavy atom. The summed E-state index contributed by atoms with van der Waals surface area (Å²) in [4.78, 5) is 37.8. The quantitative estimate of drug-likeness (QED) is 0.886. The largest absolute Gasteiger partial charge is 0.352 e. The molecular weight excluding hydrogens is 338 g/mol. The van der Waals surface area contributed by atoms with Crippen LogP contribution in [-0.4, -0.2) is 21.1 Å². The first-order valence-electron chi connectivity index (χ1n) is 8.97. The molecule has 0 aromatic carbocycles. The molecule has 1 aliphatic carbocycles. The van der Waals surface area contributed by atoms with Gasteiger partial charge in [0.1, 0.15) is 11.2 Å². The van der Waals surface area contributed by atoms with Crippen molar-refractivity contribution < 1.29 is 4.79 Å². The molecule has 0 spiro atoms. The minimum atomic E-state index is -0.400. The average Bonchev–Trinajstić information content (AvgIpc) is 3.06. The number of carbonyl (C=O) groups excluding carboxylic acids is 1. The van der Waals surface area contributed by atoms with Crippen LogP contribution < -0.4 is 16.6 Å². The predicted molar refractivity (Wildman–Crippen MR) is 100 cm³/mol. The minimum absolute atomic E-state index is 0.0407. The average molecular weight is 363 g/mol. The van der Waals surface area contributed by atoms with E-state index in [2.05, 4.69) is 5.32 Å². The van der Waals surface area contributed by atoms with Gasteiger partial charge in [0.15, 0.2) is 0 Å². The van der Waals surface area contributed by atoms with Crippen LogP contribution in [0.3, 0.4) is 0 Å². The Bertz CT molecular complexity index is 872. The van der Waals surface area contributed by atoms with Gasteiger partial charge in [0.05, 0.1) is 5.52 Å². The normalized spacial score (nSPS) is 15.8. The van der Waals surface area contributed by atoms with E-state index in [9.17, 15) is 14.4 Å². The summed E-state index contributed by atoms with van der Waals surface area (Å²) in [5.41, 5.74) is -0.102. The second kappa shape index (κ2) is 7.56. The number of thiophene rings is 1. The molecule has 0 saturated heterocycles. The smallest absolute Gasteiger partial charge is 0.332 e. The lowest BCUT2D eigenvalue weighted by atomic mass is 9.95. The molecule has 136 valence electrons.